The van der Waals surface area contributed by atoms with Crippen LogP contribution in [-0.2, 0) is 0 Å². The summed E-state index contributed by atoms with van der Waals surface area (Å²) in [5, 5.41) is 8.28. The number of pyridine rings is 1. The van der Waals surface area contributed by atoms with Crippen LogP contribution in [0.2, 0.25) is 0 Å². The first-order chi connectivity index (χ1) is 6.36. The molecule has 0 radical (unpaired) electrons. The fourth-order valence-corrected chi connectivity index (χ4v) is 0.837. The Balaban J connectivity index is 2.65. The van der Waals surface area contributed by atoms with E-state index in [4.69, 9.17) is 11.1 Å². The molecular formula is C9H10N4. The second-order valence-corrected chi connectivity index (χ2v) is 2.39. The highest BCUT2D eigenvalue weighted by atomic mass is 15.2. The second kappa shape index (κ2) is 4.91. The van der Waals surface area contributed by atoms with Crippen LogP contribution < -0.4 is 11.3 Å². The van der Waals surface area contributed by atoms with Crippen molar-refractivity contribution in [1.82, 2.24) is 4.98 Å². The molecule has 0 aliphatic heterocycles. The lowest BCUT2D eigenvalue weighted by atomic mass is 10.2. The zero-order valence-corrected chi connectivity index (χ0v) is 7.07. The molecule has 1 aromatic rings. The molecule has 1 heterocycles. The molecule has 0 aliphatic carbocycles. The summed E-state index contributed by atoms with van der Waals surface area (Å²) in [5.41, 5.74) is 3.39. The molecule has 0 unspecified atom stereocenters. The lowest BCUT2D eigenvalue weighted by molar-refractivity contribution is 1.22. The highest BCUT2D eigenvalue weighted by Crippen LogP contribution is 2.05. The summed E-state index contributed by atoms with van der Waals surface area (Å²) in [5.74, 6) is 5.77. The van der Waals surface area contributed by atoms with Crippen LogP contribution in [0.4, 0.5) is 5.82 Å². The molecule has 66 valence electrons. The number of nitrogens with two attached hydrogens (primary N) is 1. The smallest absolute Gasteiger partial charge is 0.139 e. The third-order valence-electron chi connectivity index (χ3n) is 1.45. The number of hydrazine groups is 1. The van der Waals surface area contributed by atoms with Crippen LogP contribution in [0.25, 0.3) is 6.08 Å². The minimum Gasteiger partial charge on any atom is -0.308 e. The molecular weight excluding hydrogens is 164 g/mol. The van der Waals surface area contributed by atoms with Gasteiger partial charge >= 0.3 is 0 Å². The zero-order valence-electron chi connectivity index (χ0n) is 7.07. The van der Waals surface area contributed by atoms with Crippen molar-refractivity contribution in [3.63, 3.8) is 0 Å². The third-order valence-corrected chi connectivity index (χ3v) is 1.45. The molecule has 4 nitrogen and oxygen atoms in total. The van der Waals surface area contributed by atoms with Crippen LogP contribution in [0.3, 0.4) is 0 Å². The van der Waals surface area contributed by atoms with Gasteiger partial charge in [0.1, 0.15) is 5.82 Å². The first-order valence-electron chi connectivity index (χ1n) is 3.83. The van der Waals surface area contributed by atoms with Crippen molar-refractivity contribution in [1.29, 1.82) is 5.26 Å². The van der Waals surface area contributed by atoms with E-state index in [0.717, 1.165) is 5.56 Å². The van der Waals surface area contributed by atoms with Gasteiger partial charge in [0.15, 0.2) is 0 Å². The van der Waals surface area contributed by atoms with Crippen LogP contribution in [0.5, 0.6) is 0 Å². The zero-order chi connectivity index (χ0) is 9.52. The van der Waals surface area contributed by atoms with Gasteiger partial charge in [0.05, 0.1) is 12.5 Å². The van der Waals surface area contributed by atoms with Gasteiger partial charge in [0, 0.05) is 6.20 Å². The number of aromatic nitrogens is 1. The SMILES string of the molecule is N#CCC=Cc1ccc(NN)nc1. The van der Waals surface area contributed by atoms with Crippen molar-refractivity contribution in [2.45, 2.75) is 6.42 Å². The quantitative estimate of drug-likeness (QED) is 0.535. The van der Waals surface area contributed by atoms with Crippen molar-refractivity contribution in [2.24, 2.45) is 5.84 Å². The lowest BCUT2D eigenvalue weighted by Crippen LogP contribution is -2.07. The largest absolute Gasteiger partial charge is 0.308 e. The van der Waals surface area contributed by atoms with Crippen LogP contribution in [0, 0.1) is 11.3 Å². The van der Waals surface area contributed by atoms with Gasteiger partial charge in [0.2, 0.25) is 0 Å². The Bertz CT molecular complexity index is 320. The average molecular weight is 174 g/mol. The standard InChI is InChI=1S/C9H10N4/c10-6-2-1-3-8-4-5-9(13-11)12-7-8/h1,3-5,7H,2,11H2,(H,12,13). The number of rotatable bonds is 3. The Labute approximate surface area is 76.7 Å². The van der Waals surface area contributed by atoms with E-state index in [2.05, 4.69) is 10.4 Å². The number of allylic oxidation sites excluding steroid dienone is 1. The molecule has 0 fully saturated rings. The number of nitrogens with zero attached hydrogens (tertiary/aromatic N) is 2. The summed E-state index contributed by atoms with van der Waals surface area (Å²) >= 11 is 0. The molecule has 1 rings (SSSR count). The molecule has 0 aliphatic rings. The highest BCUT2D eigenvalue weighted by molar-refractivity contribution is 5.50. The number of hydrogen-bond acceptors (Lipinski definition) is 4. The van der Waals surface area contributed by atoms with E-state index in [9.17, 15) is 0 Å². The van der Waals surface area contributed by atoms with Gasteiger partial charge in [0.25, 0.3) is 0 Å². The summed E-state index contributed by atoms with van der Waals surface area (Å²) in [6.07, 6.45) is 5.73. The molecule has 13 heavy (non-hydrogen) atoms. The highest BCUT2D eigenvalue weighted by Gasteiger charge is 1.89. The van der Waals surface area contributed by atoms with E-state index < -0.39 is 0 Å². The molecule has 0 saturated heterocycles. The third kappa shape index (κ3) is 2.93. The van der Waals surface area contributed by atoms with Gasteiger partial charge in [-0.1, -0.05) is 12.2 Å². The minimum absolute atomic E-state index is 0.414. The van der Waals surface area contributed by atoms with Gasteiger partial charge in [-0.3, -0.25) is 0 Å². The first kappa shape index (κ1) is 9.23. The predicted octanol–water partition coefficient (Wildman–Crippen LogP) is 1.29. The molecule has 0 amide bonds. The Morgan fingerprint density at radius 2 is 2.46 bits per heavy atom. The number of anilines is 1. The van der Waals surface area contributed by atoms with Gasteiger partial charge in [-0.15, -0.1) is 0 Å². The maximum absolute atomic E-state index is 8.28. The molecule has 0 saturated carbocycles. The Morgan fingerprint density at radius 1 is 1.62 bits per heavy atom. The maximum Gasteiger partial charge on any atom is 0.139 e. The molecule has 0 spiro atoms. The molecule has 0 aromatic carbocycles. The summed E-state index contributed by atoms with van der Waals surface area (Å²) in [4.78, 5) is 4.01. The minimum atomic E-state index is 0.414. The van der Waals surface area contributed by atoms with Gasteiger partial charge in [-0.05, 0) is 17.7 Å². The van der Waals surface area contributed by atoms with Gasteiger partial charge < -0.3 is 5.43 Å². The lowest BCUT2D eigenvalue weighted by Gasteiger charge is -1.97. The average Bonchev–Trinajstić information content (AvgIpc) is 2.19. The Kier molecular flexibility index (Phi) is 3.48. The molecule has 0 bridgehead atoms. The second-order valence-electron chi connectivity index (χ2n) is 2.39. The van der Waals surface area contributed by atoms with E-state index in [0.29, 0.717) is 12.2 Å². The summed E-state index contributed by atoms with van der Waals surface area (Å²) < 4.78 is 0. The van der Waals surface area contributed by atoms with E-state index in [1.54, 1.807) is 18.3 Å². The van der Waals surface area contributed by atoms with Crippen molar-refractivity contribution >= 4 is 11.9 Å². The van der Waals surface area contributed by atoms with Crippen molar-refractivity contribution in [2.75, 3.05) is 5.43 Å². The topological polar surface area (TPSA) is 74.7 Å². The van der Waals surface area contributed by atoms with Crippen LogP contribution in [0.15, 0.2) is 24.4 Å². The molecule has 4 heteroatoms. The van der Waals surface area contributed by atoms with Crippen LogP contribution in [-0.4, -0.2) is 4.98 Å². The molecule has 0 atom stereocenters. The first-order valence-corrected chi connectivity index (χ1v) is 3.83. The number of hydrogen-bond donors (Lipinski definition) is 2. The van der Waals surface area contributed by atoms with E-state index >= 15 is 0 Å². The van der Waals surface area contributed by atoms with Crippen molar-refractivity contribution in [3.05, 3.63) is 30.0 Å². The van der Waals surface area contributed by atoms with Crippen molar-refractivity contribution < 1.29 is 0 Å². The van der Waals surface area contributed by atoms with Gasteiger partial charge in [-0.25, -0.2) is 10.8 Å². The number of nitrogens with one attached hydrogen (secondary N) is 1. The summed E-state index contributed by atoms with van der Waals surface area (Å²) in [7, 11) is 0. The van der Waals surface area contributed by atoms with Gasteiger partial charge in [-0.2, -0.15) is 5.26 Å². The fourth-order valence-electron chi connectivity index (χ4n) is 0.837. The number of nitrogen functional groups attached to an aromatic ring is 1. The maximum atomic E-state index is 8.28. The Hall–Kier alpha value is -1.86. The summed E-state index contributed by atoms with van der Waals surface area (Å²) in [6, 6.07) is 5.66. The Morgan fingerprint density at radius 3 is 3.00 bits per heavy atom. The van der Waals surface area contributed by atoms with Crippen molar-refractivity contribution in [3.8, 4) is 6.07 Å². The van der Waals surface area contributed by atoms with Crippen LogP contribution in [0.1, 0.15) is 12.0 Å². The molecule has 3 N–H and O–H groups in total. The summed E-state index contributed by atoms with van der Waals surface area (Å²) in [6.45, 7) is 0. The fraction of sp³-hybridized carbons (Fsp3) is 0.111. The van der Waals surface area contributed by atoms with E-state index in [1.807, 2.05) is 18.2 Å². The monoisotopic (exact) mass is 174 g/mol. The van der Waals surface area contributed by atoms with E-state index in [-0.39, 0.29) is 0 Å². The van der Waals surface area contributed by atoms with E-state index in [1.165, 1.54) is 0 Å². The normalized spacial score (nSPS) is 9.85. The number of nitriles is 1. The molecule has 1 aromatic heterocycles. The predicted molar refractivity (Wildman–Crippen MR) is 51.3 cm³/mol. The van der Waals surface area contributed by atoms with Crippen LogP contribution >= 0.6 is 0 Å².